The number of ether oxygens (including phenoxy) is 5. The molecule has 5 N–H and O–H groups in total. The number of aliphatic hydroxyl groups excluding tert-OH is 3. The van der Waals surface area contributed by atoms with Crippen LogP contribution in [0.4, 0.5) is 0 Å². The number of cyclic esters (lactones) is 1. The molecule has 3 saturated heterocycles. The highest BCUT2D eigenvalue weighted by Gasteiger charge is 2.55. The second-order valence-electron chi connectivity index (χ2n) is 23.2. The molecule has 0 radical (unpaired) electrons. The Hall–Kier alpha value is -3.66. The summed E-state index contributed by atoms with van der Waals surface area (Å²) in [5.74, 6) is -3.15. The first-order valence-corrected chi connectivity index (χ1v) is 27.0. The number of carbonyl (C=O) groups excluding carboxylic acids is 1. The average molecular weight is 1040 g/mol. The third-order valence-corrected chi connectivity index (χ3v) is 16.8. The number of hydrogen-bond acceptors (Lipinski definition) is 16. The standard InChI is InChI=1S/C56H90N6O12/c1-15-45-56(11,69)49(65)38(7)59(12)29-34(3)27-54(9,68)51(36(5)47(37(6)52(67)73-45)44-28-55(10,70-14)50(66)39(8)72-44)74-53-48(64)43(26-35(4)71-53)60(13)31-41-32-61(58-57-41)25-17-16-18-40-20-22-42(23-21-40)62-30-33(2)19-24-46(62)63/h19-24,30,32,34-39,43-45,47-51,53,64-66,68-69H,15-18,25-29,31H2,1-14H3/t34-,35-,36+,37-,38-,39+,43+,44?,45-,47+,48-,49-,50+,51-,53+,54-,55-,56-/m1/s1. The van der Waals surface area contributed by atoms with Gasteiger partial charge in [0.05, 0.1) is 47.2 Å². The molecule has 416 valence electrons. The van der Waals surface area contributed by atoms with Crippen LogP contribution >= 0.6 is 0 Å². The lowest BCUT2D eigenvalue weighted by Gasteiger charge is -2.51. The molecule has 6 rings (SSSR count). The Bertz CT molecular complexity index is 2330. The molecule has 3 aromatic rings. The number of carbonyl (C=O) groups is 1. The van der Waals surface area contributed by atoms with Gasteiger partial charge in [-0.25, -0.2) is 0 Å². The summed E-state index contributed by atoms with van der Waals surface area (Å²) in [6, 6.07) is 10.5. The molecule has 0 saturated carbocycles. The predicted octanol–water partition coefficient (Wildman–Crippen LogP) is 4.82. The van der Waals surface area contributed by atoms with Gasteiger partial charge in [0.25, 0.3) is 5.56 Å². The fourth-order valence-electron chi connectivity index (χ4n) is 12.3. The lowest BCUT2D eigenvalue weighted by molar-refractivity contribution is -0.303. The van der Waals surface area contributed by atoms with E-state index in [0.29, 0.717) is 26.1 Å². The fourth-order valence-corrected chi connectivity index (χ4v) is 12.3. The highest BCUT2D eigenvalue weighted by molar-refractivity contribution is 5.73. The van der Waals surface area contributed by atoms with E-state index in [9.17, 15) is 35.1 Å². The molecule has 2 aromatic heterocycles. The van der Waals surface area contributed by atoms with Crippen molar-refractivity contribution in [2.45, 2.75) is 218 Å². The van der Waals surface area contributed by atoms with Gasteiger partial charge in [0.15, 0.2) is 6.29 Å². The van der Waals surface area contributed by atoms with E-state index in [4.69, 9.17) is 23.7 Å². The van der Waals surface area contributed by atoms with Crippen molar-refractivity contribution in [3.05, 3.63) is 76.0 Å². The number of likely N-dealkylation sites (N-methyl/N-ethyl adjacent to an activating group) is 2. The van der Waals surface area contributed by atoms with E-state index in [1.54, 1.807) is 38.3 Å². The van der Waals surface area contributed by atoms with E-state index in [1.165, 1.54) is 19.6 Å². The molecule has 3 aliphatic rings. The SMILES string of the molecule is CC[C@H]1OC(=O)[C@H](C)[C@@H](C2C[C@@](C)(OC)[C@@H](O)[C@H](C)O2)[C@H](C)[C@@H](O[C@@H]2O[C@H](C)C[C@H](N(C)Cc3cn(CCCCc4ccc(-n5cc(C)ccc5=O)cc4)nn3)[C@H]2O)[C@](C)(O)C[C@@H](C)CN(C)[C@H](C)[C@@H](O)[C@]1(C)O. The lowest BCUT2D eigenvalue weighted by Crippen LogP contribution is -2.62. The molecule has 5 heterocycles. The first-order chi connectivity index (χ1) is 34.7. The van der Waals surface area contributed by atoms with Crippen LogP contribution in [-0.2, 0) is 48.0 Å². The van der Waals surface area contributed by atoms with E-state index in [-0.39, 0.29) is 36.8 Å². The minimum Gasteiger partial charge on any atom is -0.459 e. The van der Waals surface area contributed by atoms with Gasteiger partial charge in [0.1, 0.15) is 30.0 Å². The minimum absolute atomic E-state index is 0.0625. The van der Waals surface area contributed by atoms with Gasteiger partial charge >= 0.3 is 5.97 Å². The number of aryl methyl sites for hydroxylation is 3. The monoisotopic (exact) mass is 1040 g/mol. The van der Waals surface area contributed by atoms with E-state index in [2.05, 4.69) is 22.4 Å². The van der Waals surface area contributed by atoms with Crippen LogP contribution in [-0.4, -0.2) is 173 Å². The largest absolute Gasteiger partial charge is 0.459 e. The van der Waals surface area contributed by atoms with Crippen LogP contribution < -0.4 is 5.56 Å². The minimum atomic E-state index is -1.82. The molecular weight excluding hydrogens is 949 g/mol. The second-order valence-corrected chi connectivity index (χ2v) is 23.2. The molecule has 0 bridgehead atoms. The maximum atomic E-state index is 14.6. The van der Waals surface area contributed by atoms with E-state index in [1.807, 2.05) is 101 Å². The summed E-state index contributed by atoms with van der Waals surface area (Å²) >= 11 is 0. The third kappa shape index (κ3) is 13.7. The molecular formula is C56H90N6O12. The number of nitrogens with zero attached hydrogens (tertiary/aromatic N) is 6. The highest BCUT2D eigenvalue weighted by atomic mass is 16.7. The molecule has 0 spiro atoms. The van der Waals surface area contributed by atoms with E-state index >= 15 is 0 Å². The molecule has 1 unspecified atom stereocenters. The Kier molecular flexibility index (Phi) is 19.9. The zero-order valence-corrected chi connectivity index (χ0v) is 46.6. The quantitative estimate of drug-likeness (QED) is 0.108. The maximum Gasteiger partial charge on any atom is 0.309 e. The van der Waals surface area contributed by atoms with Gasteiger partial charge in [-0.2, -0.15) is 0 Å². The Morgan fingerprint density at radius 2 is 1.59 bits per heavy atom. The van der Waals surface area contributed by atoms with Crippen molar-refractivity contribution in [3.8, 4) is 5.69 Å². The van der Waals surface area contributed by atoms with Gasteiger partial charge < -0.3 is 54.1 Å². The van der Waals surface area contributed by atoms with Crippen LogP contribution in [0.2, 0.25) is 0 Å². The Morgan fingerprint density at radius 3 is 2.26 bits per heavy atom. The number of hydrogen-bond donors (Lipinski definition) is 5. The number of aliphatic hydroxyl groups is 5. The summed E-state index contributed by atoms with van der Waals surface area (Å²) in [6.45, 7) is 21.4. The van der Waals surface area contributed by atoms with Crippen LogP contribution in [0.1, 0.15) is 125 Å². The van der Waals surface area contributed by atoms with Crippen molar-refractivity contribution in [1.29, 1.82) is 0 Å². The number of rotatable bonds is 14. The van der Waals surface area contributed by atoms with Crippen LogP contribution in [0, 0.1) is 30.6 Å². The molecule has 0 amide bonds. The molecule has 3 aliphatic heterocycles. The maximum absolute atomic E-state index is 14.6. The molecule has 74 heavy (non-hydrogen) atoms. The lowest BCUT2D eigenvalue weighted by atomic mass is 9.68. The summed E-state index contributed by atoms with van der Waals surface area (Å²) in [4.78, 5) is 31.0. The number of methoxy groups -OCH3 is 1. The topological polar surface area (TPSA) is 224 Å². The number of esters is 1. The summed E-state index contributed by atoms with van der Waals surface area (Å²) in [7, 11) is 5.31. The van der Waals surface area contributed by atoms with Crippen molar-refractivity contribution in [1.82, 2.24) is 29.4 Å². The smallest absolute Gasteiger partial charge is 0.309 e. The second kappa shape index (κ2) is 24.8. The first-order valence-electron chi connectivity index (χ1n) is 27.0. The van der Waals surface area contributed by atoms with Crippen molar-refractivity contribution in [2.75, 3.05) is 27.7 Å². The molecule has 18 atom stereocenters. The van der Waals surface area contributed by atoms with Crippen LogP contribution in [0.25, 0.3) is 5.69 Å². The van der Waals surface area contributed by atoms with E-state index in [0.717, 1.165) is 36.2 Å². The number of aromatic nitrogens is 4. The number of pyridine rings is 1. The van der Waals surface area contributed by atoms with E-state index < -0.39 is 102 Å². The summed E-state index contributed by atoms with van der Waals surface area (Å²) in [6.07, 6.45) is -0.950. The Morgan fingerprint density at radius 1 is 0.905 bits per heavy atom. The van der Waals surface area contributed by atoms with Crippen LogP contribution in [0.15, 0.2) is 53.6 Å². The molecule has 18 nitrogen and oxygen atoms in total. The van der Waals surface area contributed by atoms with Crippen LogP contribution in [0.5, 0.6) is 0 Å². The predicted molar refractivity (Wildman–Crippen MR) is 280 cm³/mol. The van der Waals surface area contributed by atoms with Crippen molar-refractivity contribution < 1.29 is 54.0 Å². The summed E-state index contributed by atoms with van der Waals surface area (Å²) in [5.41, 5.74) is -0.747. The number of benzene rings is 1. The first kappa shape index (κ1) is 59.6. The molecule has 0 aliphatic carbocycles. The average Bonchev–Trinajstić information content (AvgIpc) is 3.79. The molecule has 18 heteroatoms. The zero-order chi connectivity index (χ0) is 54.6. The Balaban J connectivity index is 1.21. The third-order valence-electron chi connectivity index (χ3n) is 16.8. The van der Waals surface area contributed by atoms with Gasteiger partial charge in [0, 0.05) is 75.3 Å². The van der Waals surface area contributed by atoms with Gasteiger partial charge in [-0.3, -0.25) is 23.7 Å². The van der Waals surface area contributed by atoms with Gasteiger partial charge in [-0.1, -0.05) is 51.1 Å². The van der Waals surface area contributed by atoms with Crippen molar-refractivity contribution >= 4 is 5.97 Å². The normalized spacial score (nSPS) is 38.3. The van der Waals surface area contributed by atoms with Crippen molar-refractivity contribution in [3.63, 3.8) is 0 Å². The summed E-state index contributed by atoms with van der Waals surface area (Å²) in [5, 5.41) is 69.1. The van der Waals surface area contributed by atoms with Crippen molar-refractivity contribution in [2.24, 2.45) is 23.7 Å². The van der Waals surface area contributed by atoms with Gasteiger partial charge in [0.2, 0.25) is 0 Å². The van der Waals surface area contributed by atoms with Gasteiger partial charge in [-0.05, 0) is 136 Å². The summed E-state index contributed by atoms with van der Waals surface area (Å²) < 4.78 is 35.8. The Labute approximate surface area is 439 Å². The molecule has 1 aromatic carbocycles. The number of unbranched alkanes of at least 4 members (excludes halogenated alkanes) is 1. The zero-order valence-electron chi connectivity index (χ0n) is 46.6. The molecule has 3 fully saturated rings. The van der Waals surface area contributed by atoms with Crippen LogP contribution in [0.3, 0.4) is 0 Å². The highest BCUT2D eigenvalue weighted by Crippen LogP contribution is 2.45. The fraction of sp³-hybridized carbons (Fsp3) is 0.750. The van der Waals surface area contributed by atoms with Gasteiger partial charge in [-0.15, -0.1) is 5.10 Å².